The van der Waals surface area contributed by atoms with Gasteiger partial charge in [-0.2, -0.15) is 0 Å². The lowest BCUT2D eigenvalue weighted by Gasteiger charge is -2.47. The predicted octanol–water partition coefficient (Wildman–Crippen LogP) is 4.79. The zero-order chi connectivity index (χ0) is 28.1. The molecule has 1 aliphatic rings. The molecule has 1 heterocycles. The minimum absolute atomic E-state index is 0.0315. The molecule has 0 aromatic heterocycles. The summed E-state index contributed by atoms with van der Waals surface area (Å²) in [5.41, 5.74) is 7.46. The molecule has 2 unspecified atom stereocenters. The van der Waals surface area contributed by atoms with Crippen molar-refractivity contribution in [2.45, 2.75) is 12.6 Å². The van der Waals surface area contributed by atoms with Gasteiger partial charge in [0.15, 0.2) is 6.04 Å². The third kappa shape index (κ3) is 5.62. The first-order valence-corrected chi connectivity index (χ1v) is 13.0. The normalized spacial score (nSPS) is 18.6. The van der Waals surface area contributed by atoms with Gasteiger partial charge in [-0.25, -0.2) is 13.7 Å². The largest absolute Gasteiger partial charge is 0.457 e. The molecule has 2 atom stereocenters. The monoisotopic (exact) mass is 538 g/mol. The predicted molar refractivity (Wildman–Crippen MR) is 148 cm³/mol. The smallest absolute Gasteiger partial charge is 0.346 e. The van der Waals surface area contributed by atoms with Crippen LogP contribution in [0.1, 0.15) is 26.3 Å². The van der Waals surface area contributed by atoms with Crippen LogP contribution >= 0.6 is 0 Å². The summed E-state index contributed by atoms with van der Waals surface area (Å²) in [5.74, 6) is -0.366. The minimum Gasteiger partial charge on any atom is -0.457 e. The molecule has 7 nitrogen and oxygen atoms in total. The second kappa shape index (κ2) is 11.5. The van der Waals surface area contributed by atoms with E-state index in [1.54, 1.807) is 71.6 Å². The minimum atomic E-state index is -1.00. The first kappa shape index (κ1) is 26.8. The maximum Gasteiger partial charge on any atom is 0.346 e. The summed E-state index contributed by atoms with van der Waals surface area (Å²) in [6.45, 7) is 0.496. The second-order valence-electron chi connectivity index (χ2n) is 9.82. The Hall–Kier alpha value is -4.82. The Morgan fingerprint density at radius 2 is 1.40 bits per heavy atom. The van der Waals surface area contributed by atoms with Crippen molar-refractivity contribution in [3.8, 4) is 11.5 Å². The van der Waals surface area contributed by atoms with E-state index < -0.39 is 17.8 Å². The Bertz CT molecular complexity index is 1500. The van der Waals surface area contributed by atoms with Crippen LogP contribution in [0, 0.1) is 5.82 Å². The third-order valence-electron chi connectivity index (χ3n) is 7.26. The maximum atomic E-state index is 14.0. The van der Waals surface area contributed by atoms with Crippen molar-refractivity contribution in [1.29, 1.82) is 0 Å². The number of nitrogens with two attached hydrogens (primary N) is 1. The molecular formula is C32H29FN3O4+. The van der Waals surface area contributed by atoms with Crippen LogP contribution in [0.4, 0.5) is 4.39 Å². The highest BCUT2D eigenvalue weighted by Gasteiger charge is 2.52. The van der Waals surface area contributed by atoms with Gasteiger partial charge in [-0.05, 0) is 60.7 Å². The third-order valence-corrected chi connectivity index (χ3v) is 7.26. The van der Waals surface area contributed by atoms with Gasteiger partial charge >= 0.3 is 5.91 Å². The Balaban J connectivity index is 1.41. The van der Waals surface area contributed by atoms with Crippen LogP contribution in [0.5, 0.6) is 11.5 Å². The van der Waals surface area contributed by atoms with Gasteiger partial charge < -0.3 is 15.4 Å². The number of carbonyl (C=O) groups excluding carboxylic acids is 3. The lowest BCUT2D eigenvalue weighted by Crippen LogP contribution is -2.71. The summed E-state index contributed by atoms with van der Waals surface area (Å²) < 4.78 is 19.2. The molecule has 1 aliphatic heterocycles. The first-order chi connectivity index (χ1) is 19.4. The van der Waals surface area contributed by atoms with Gasteiger partial charge in [-0.1, -0.05) is 48.5 Å². The van der Waals surface area contributed by atoms with E-state index in [0.717, 1.165) is 0 Å². The van der Waals surface area contributed by atoms with Gasteiger partial charge in [-0.15, -0.1) is 0 Å². The highest BCUT2D eigenvalue weighted by atomic mass is 19.1. The van der Waals surface area contributed by atoms with Crippen LogP contribution in [-0.4, -0.2) is 52.8 Å². The lowest BCUT2D eigenvalue weighted by atomic mass is 10.00. The number of nitrogens with zero attached hydrogens (tertiary/aromatic N) is 2. The molecule has 1 saturated heterocycles. The van der Waals surface area contributed by atoms with Crippen LogP contribution in [0.3, 0.4) is 0 Å². The van der Waals surface area contributed by atoms with E-state index in [2.05, 4.69) is 0 Å². The number of para-hydroxylation sites is 1. The van der Waals surface area contributed by atoms with Crippen molar-refractivity contribution in [1.82, 2.24) is 4.90 Å². The fraction of sp³-hybridized carbons (Fsp3) is 0.156. The lowest BCUT2D eigenvalue weighted by molar-refractivity contribution is -0.882. The topological polar surface area (TPSA) is 89.7 Å². The van der Waals surface area contributed by atoms with E-state index in [4.69, 9.17) is 10.5 Å². The van der Waals surface area contributed by atoms with Gasteiger partial charge in [0.25, 0.3) is 11.8 Å². The summed E-state index contributed by atoms with van der Waals surface area (Å²) in [5, 5.41) is 0. The summed E-state index contributed by atoms with van der Waals surface area (Å²) >= 11 is 0. The summed E-state index contributed by atoms with van der Waals surface area (Å²) in [4.78, 5) is 42.0. The number of piperazine rings is 1. The maximum absolute atomic E-state index is 14.0. The van der Waals surface area contributed by atoms with E-state index in [1.165, 1.54) is 12.1 Å². The molecule has 5 rings (SSSR count). The molecule has 0 radical (unpaired) electrons. The fourth-order valence-corrected chi connectivity index (χ4v) is 5.16. The number of quaternary nitrogens is 1. The molecule has 8 heteroatoms. The van der Waals surface area contributed by atoms with E-state index >= 15 is 0 Å². The number of hydrogen-bond donors (Lipinski definition) is 1. The molecule has 0 aliphatic carbocycles. The molecule has 2 N–H and O–H groups in total. The second-order valence-corrected chi connectivity index (χ2v) is 9.82. The Kier molecular flexibility index (Phi) is 7.70. The van der Waals surface area contributed by atoms with E-state index in [0.29, 0.717) is 28.2 Å². The summed E-state index contributed by atoms with van der Waals surface area (Å²) in [6, 6.07) is 29.6. The van der Waals surface area contributed by atoms with Crippen LogP contribution in [0.25, 0.3) is 0 Å². The number of primary amides is 1. The molecule has 0 saturated carbocycles. The SMILES string of the molecule is NC(=O)C1CN(C(=O)c2ccc(Oc3ccccc3)cc2)CC[N+]1(Cc1ccc(F)cc1)C(=O)c1ccccc1. The van der Waals surface area contributed by atoms with E-state index in [9.17, 15) is 18.8 Å². The van der Waals surface area contributed by atoms with Gasteiger partial charge in [0.1, 0.15) is 30.4 Å². The zero-order valence-electron chi connectivity index (χ0n) is 21.8. The van der Waals surface area contributed by atoms with Crippen molar-refractivity contribution < 1.29 is 28.0 Å². The number of rotatable bonds is 7. The molecule has 0 bridgehead atoms. The fourth-order valence-electron chi connectivity index (χ4n) is 5.16. The quantitative estimate of drug-likeness (QED) is 0.343. The standard InChI is InChI=1S/C32H28FN3O4/c33-26-15-11-23(12-16-26)22-36(32(39)25-7-3-1-4-8-25)20-19-35(21-29(36)30(34)37)31(38)24-13-17-28(18-14-24)40-27-9-5-2-6-10-27/h1-18,29H,19-22H2,(H-,34,37)/p+1. The van der Waals surface area contributed by atoms with Gasteiger partial charge in [-0.3, -0.25) is 9.59 Å². The summed E-state index contributed by atoms with van der Waals surface area (Å²) in [7, 11) is 0. The molecule has 4 aromatic rings. The van der Waals surface area contributed by atoms with E-state index in [-0.39, 0.29) is 42.5 Å². The molecule has 3 amide bonds. The number of hydrogen-bond acceptors (Lipinski definition) is 4. The summed E-state index contributed by atoms with van der Waals surface area (Å²) in [6.07, 6.45) is 0. The molecule has 0 spiro atoms. The van der Waals surface area contributed by atoms with Crippen LogP contribution in [-0.2, 0) is 11.3 Å². The van der Waals surface area contributed by atoms with Gasteiger partial charge in [0.2, 0.25) is 0 Å². The highest BCUT2D eigenvalue weighted by Crippen LogP contribution is 2.29. The zero-order valence-corrected chi connectivity index (χ0v) is 21.8. The van der Waals surface area contributed by atoms with Gasteiger partial charge in [0.05, 0.1) is 18.7 Å². The van der Waals surface area contributed by atoms with Gasteiger partial charge in [0, 0.05) is 11.1 Å². The first-order valence-electron chi connectivity index (χ1n) is 13.0. The molecular weight excluding hydrogens is 509 g/mol. The average Bonchev–Trinajstić information content (AvgIpc) is 2.99. The number of benzene rings is 4. The highest BCUT2D eigenvalue weighted by molar-refractivity contribution is 5.96. The Morgan fingerprint density at radius 1 is 0.800 bits per heavy atom. The molecule has 202 valence electrons. The van der Waals surface area contributed by atoms with Crippen molar-refractivity contribution >= 4 is 17.7 Å². The number of carbonyl (C=O) groups is 3. The van der Waals surface area contributed by atoms with Crippen LogP contribution in [0.2, 0.25) is 0 Å². The number of amides is 3. The van der Waals surface area contributed by atoms with Crippen molar-refractivity contribution in [3.63, 3.8) is 0 Å². The molecule has 4 aromatic carbocycles. The number of halogens is 1. The van der Waals surface area contributed by atoms with Crippen molar-refractivity contribution in [2.75, 3.05) is 19.6 Å². The van der Waals surface area contributed by atoms with Crippen molar-refractivity contribution in [3.05, 3.63) is 132 Å². The average molecular weight is 539 g/mol. The Labute approximate surface area is 231 Å². The Morgan fingerprint density at radius 3 is 2.02 bits per heavy atom. The molecule has 1 fully saturated rings. The van der Waals surface area contributed by atoms with Crippen molar-refractivity contribution in [2.24, 2.45) is 5.73 Å². The molecule has 40 heavy (non-hydrogen) atoms. The van der Waals surface area contributed by atoms with Crippen LogP contribution < -0.4 is 10.5 Å². The van der Waals surface area contributed by atoms with E-state index in [1.807, 2.05) is 30.3 Å². The van der Waals surface area contributed by atoms with Crippen LogP contribution in [0.15, 0.2) is 109 Å². The number of ether oxygens (including phenoxy) is 1.